The number of carbonyl (C=O) groups is 2. The molecule has 0 spiro atoms. The molecule has 12 heteroatoms. The van der Waals surface area contributed by atoms with E-state index in [1.165, 1.54) is 4.90 Å². The lowest BCUT2D eigenvalue weighted by atomic mass is 9.94. The average molecular weight is 557 g/mol. The molecular weight excluding hydrogens is 525 g/mol. The first-order chi connectivity index (χ1) is 18.9. The third kappa shape index (κ3) is 6.67. The van der Waals surface area contributed by atoms with Crippen molar-refractivity contribution < 1.29 is 27.3 Å². The lowest BCUT2D eigenvalue weighted by Gasteiger charge is -2.22. The van der Waals surface area contributed by atoms with E-state index in [-0.39, 0.29) is 37.2 Å². The van der Waals surface area contributed by atoms with E-state index in [4.69, 9.17) is 4.52 Å². The van der Waals surface area contributed by atoms with Gasteiger partial charge in [0.1, 0.15) is 5.82 Å². The van der Waals surface area contributed by atoms with Crippen molar-refractivity contribution in [2.75, 3.05) is 18.4 Å². The molecule has 1 aromatic carbocycles. The zero-order valence-electron chi connectivity index (χ0n) is 22.5. The summed E-state index contributed by atoms with van der Waals surface area (Å²) >= 11 is 0. The van der Waals surface area contributed by atoms with E-state index in [0.717, 1.165) is 24.0 Å². The summed E-state index contributed by atoms with van der Waals surface area (Å²) in [5.74, 6) is -0.0254. The number of nitrogens with zero attached hydrogens (tertiary/aromatic N) is 4. The molecule has 212 valence electrons. The van der Waals surface area contributed by atoms with Gasteiger partial charge in [0.05, 0.1) is 12.6 Å². The molecular formula is C28H31F3N6O3. The van der Waals surface area contributed by atoms with Crippen molar-refractivity contribution in [3.63, 3.8) is 0 Å². The number of rotatable bonds is 6. The molecule has 9 nitrogen and oxygen atoms in total. The predicted molar refractivity (Wildman–Crippen MR) is 140 cm³/mol. The second kappa shape index (κ2) is 10.6. The first-order valence-corrected chi connectivity index (χ1v) is 13.2. The van der Waals surface area contributed by atoms with E-state index in [2.05, 4.69) is 25.8 Å². The maximum atomic E-state index is 13.3. The number of nitrogens with one attached hydrogen (secondary N) is 2. The van der Waals surface area contributed by atoms with Gasteiger partial charge >= 0.3 is 18.0 Å². The minimum Gasteiger partial charge on any atom is -0.341 e. The number of amides is 2. The summed E-state index contributed by atoms with van der Waals surface area (Å²) < 4.78 is 45.2. The van der Waals surface area contributed by atoms with Crippen molar-refractivity contribution in [1.82, 2.24) is 25.3 Å². The fourth-order valence-corrected chi connectivity index (χ4v) is 4.68. The Kier molecular flexibility index (Phi) is 7.38. The van der Waals surface area contributed by atoms with E-state index in [1.807, 2.05) is 39.0 Å². The number of hydrogen-bond donors (Lipinski definition) is 2. The quantitative estimate of drug-likeness (QED) is 0.439. The molecule has 2 aliphatic rings. The molecule has 2 N–H and O–H groups in total. The minimum atomic E-state index is -4.37. The van der Waals surface area contributed by atoms with Crippen LogP contribution in [0.1, 0.15) is 73.7 Å². The van der Waals surface area contributed by atoms with Crippen LogP contribution in [0.5, 0.6) is 0 Å². The lowest BCUT2D eigenvalue weighted by molar-refractivity contribution is -0.147. The van der Waals surface area contributed by atoms with Gasteiger partial charge in [-0.15, -0.1) is 0 Å². The van der Waals surface area contributed by atoms with Crippen LogP contribution in [0.3, 0.4) is 0 Å². The van der Waals surface area contributed by atoms with Gasteiger partial charge in [-0.25, -0.2) is 4.98 Å². The summed E-state index contributed by atoms with van der Waals surface area (Å²) in [5.41, 5.74) is 2.48. The van der Waals surface area contributed by atoms with Crippen LogP contribution < -0.4 is 10.6 Å². The lowest BCUT2D eigenvalue weighted by Crippen LogP contribution is -2.35. The molecule has 1 fully saturated rings. The average Bonchev–Trinajstić information content (AvgIpc) is 3.63. The maximum absolute atomic E-state index is 13.3. The van der Waals surface area contributed by atoms with Crippen LogP contribution in [-0.2, 0) is 16.8 Å². The number of halogens is 3. The zero-order valence-corrected chi connectivity index (χ0v) is 22.5. The number of benzene rings is 1. The third-order valence-corrected chi connectivity index (χ3v) is 6.94. The monoisotopic (exact) mass is 556 g/mol. The van der Waals surface area contributed by atoms with Crippen LogP contribution in [0.25, 0.3) is 11.1 Å². The number of pyridine rings is 1. The van der Waals surface area contributed by atoms with Crippen LogP contribution in [0.15, 0.2) is 41.1 Å². The van der Waals surface area contributed by atoms with E-state index >= 15 is 0 Å². The van der Waals surface area contributed by atoms with Crippen molar-refractivity contribution in [3.05, 3.63) is 59.4 Å². The Balaban J connectivity index is 1.42. The molecule has 2 aromatic heterocycles. The molecule has 1 atom stereocenters. The van der Waals surface area contributed by atoms with Crippen LogP contribution in [0.4, 0.5) is 19.0 Å². The maximum Gasteiger partial charge on any atom is 0.401 e. The largest absolute Gasteiger partial charge is 0.401 e. The van der Waals surface area contributed by atoms with Gasteiger partial charge in [-0.2, -0.15) is 18.2 Å². The zero-order chi connectivity index (χ0) is 28.7. The Bertz CT molecular complexity index is 1410. The molecule has 0 saturated heterocycles. The fourth-order valence-electron chi connectivity index (χ4n) is 4.68. The molecule has 3 heterocycles. The molecule has 0 bridgehead atoms. The Morgan fingerprint density at radius 3 is 2.50 bits per heavy atom. The minimum absolute atomic E-state index is 0.0249. The highest BCUT2D eigenvalue weighted by atomic mass is 19.4. The number of alkyl halides is 3. The molecule has 40 heavy (non-hydrogen) atoms. The highest BCUT2D eigenvalue weighted by Crippen LogP contribution is 2.34. The summed E-state index contributed by atoms with van der Waals surface area (Å²) in [6.07, 6.45) is -0.785. The van der Waals surface area contributed by atoms with Crippen molar-refractivity contribution in [2.24, 2.45) is 5.92 Å². The first kappa shape index (κ1) is 27.8. The smallest absolute Gasteiger partial charge is 0.341 e. The van der Waals surface area contributed by atoms with Gasteiger partial charge in [0.15, 0.2) is 5.82 Å². The van der Waals surface area contributed by atoms with Gasteiger partial charge in [-0.05, 0) is 59.7 Å². The summed E-state index contributed by atoms with van der Waals surface area (Å²) in [6, 6.07) is 8.46. The van der Waals surface area contributed by atoms with Gasteiger partial charge in [0.2, 0.25) is 5.91 Å². The SMILES string of the molecule is CC(C)(C)c1noc(C(=O)NC2CCN(CC(F)(F)F)Cc3cc(-c4ccnc(NC(=O)C5CC5)c4)ccc32)n1. The third-order valence-electron chi connectivity index (χ3n) is 6.94. The Labute approximate surface area is 229 Å². The molecule has 1 aliphatic carbocycles. The van der Waals surface area contributed by atoms with Crippen LogP contribution >= 0.6 is 0 Å². The molecule has 2 amide bonds. The van der Waals surface area contributed by atoms with Crippen molar-refractivity contribution in [2.45, 2.75) is 64.2 Å². The molecule has 0 radical (unpaired) electrons. The van der Waals surface area contributed by atoms with Crippen LogP contribution in [-0.4, -0.2) is 51.1 Å². The Hall–Kier alpha value is -3.80. The Morgan fingerprint density at radius 1 is 1.07 bits per heavy atom. The van der Waals surface area contributed by atoms with E-state index in [0.29, 0.717) is 22.8 Å². The predicted octanol–water partition coefficient (Wildman–Crippen LogP) is 5.02. The van der Waals surface area contributed by atoms with Crippen molar-refractivity contribution >= 4 is 17.6 Å². The van der Waals surface area contributed by atoms with Gasteiger partial charge in [-0.3, -0.25) is 14.5 Å². The number of anilines is 1. The summed E-state index contributed by atoms with van der Waals surface area (Å²) in [4.78, 5) is 34.9. The van der Waals surface area contributed by atoms with Crippen LogP contribution in [0, 0.1) is 5.92 Å². The second-order valence-corrected chi connectivity index (χ2v) is 11.4. The topological polar surface area (TPSA) is 113 Å². The van der Waals surface area contributed by atoms with E-state index in [1.54, 1.807) is 18.3 Å². The number of carbonyl (C=O) groups excluding carboxylic acids is 2. The van der Waals surface area contributed by atoms with E-state index in [9.17, 15) is 22.8 Å². The summed E-state index contributed by atoms with van der Waals surface area (Å²) in [7, 11) is 0. The number of aromatic nitrogens is 3. The standard InChI is InChI=1S/C28H31F3N6O3/c1-27(2,3)26-35-25(40-36-26)24(39)33-21-9-11-37(15-28(29,30)31)14-19-12-17(6-7-20(19)21)18-8-10-32-22(13-18)34-23(38)16-4-5-16/h6-8,10,12-13,16,21H,4-5,9,11,14-15H2,1-3H3,(H,33,39)(H,32,34,38). The molecule has 5 rings (SSSR count). The van der Waals surface area contributed by atoms with Crippen molar-refractivity contribution in [3.8, 4) is 11.1 Å². The highest BCUT2D eigenvalue weighted by molar-refractivity contribution is 5.93. The van der Waals surface area contributed by atoms with Gasteiger partial charge in [-0.1, -0.05) is 38.1 Å². The summed E-state index contributed by atoms with van der Waals surface area (Å²) in [5, 5.41) is 9.60. The number of fused-ring (bicyclic) bond motifs is 1. The first-order valence-electron chi connectivity index (χ1n) is 13.2. The van der Waals surface area contributed by atoms with Gasteiger partial charge in [0.25, 0.3) is 0 Å². The second-order valence-electron chi connectivity index (χ2n) is 11.4. The normalized spacial score (nSPS) is 18.1. The van der Waals surface area contributed by atoms with Gasteiger partial charge in [0, 0.05) is 30.6 Å². The van der Waals surface area contributed by atoms with Crippen LogP contribution in [0.2, 0.25) is 0 Å². The van der Waals surface area contributed by atoms with Crippen molar-refractivity contribution in [1.29, 1.82) is 0 Å². The molecule has 1 unspecified atom stereocenters. The van der Waals surface area contributed by atoms with E-state index < -0.39 is 30.1 Å². The van der Waals surface area contributed by atoms with Gasteiger partial charge < -0.3 is 15.2 Å². The Morgan fingerprint density at radius 2 is 1.82 bits per heavy atom. The fraction of sp³-hybridized carbons (Fsp3) is 0.464. The molecule has 1 aliphatic heterocycles. The molecule has 1 saturated carbocycles. The number of hydrogen-bond acceptors (Lipinski definition) is 7. The summed E-state index contributed by atoms with van der Waals surface area (Å²) in [6.45, 7) is 4.78. The highest BCUT2D eigenvalue weighted by Gasteiger charge is 2.34. The molecule has 3 aromatic rings.